The summed E-state index contributed by atoms with van der Waals surface area (Å²) in [7, 11) is 3.85. The fourth-order valence-electron chi connectivity index (χ4n) is 2.56. The lowest BCUT2D eigenvalue weighted by Gasteiger charge is -2.13. The summed E-state index contributed by atoms with van der Waals surface area (Å²) in [6.07, 6.45) is 1.54. The van der Waals surface area contributed by atoms with Gasteiger partial charge in [0.2, 0.25) is 0 Å². The van der Waals surface area contributed by atoms with Gasteiger partial charge in [0.15, 0.2) is 0 Å². The molecule has 0 fully saturated rings. The summed E-state index contributed by atoms with van der Waals surface area (Å²) in [6.45, 7) is 1.14. The van der Waals surface area contributed by atoms with Crippen LogP contribution >= 0.6 is 15.9 Å². The maximum Gasteiger partial charge on any atom is 0.137 e. The molecule has 124 valence electrons. The Balaban J connectivity index is 1.82. The number of nitrogens with one attached hydrogen (secondary N) is 1. The Bertz CT molecular complexity index is 867. The van der Waals surface area contributed by atoms with E-state index in [1.807, 2.05) is 43.3 Å². The maximum absolute atomic E-state index is 13.9. The molecule has 1 N–H and O–H groups in total. The molecule has 0 aliphatic carbocycles. The molecule has 2 aromatic carbocycles. The minimum atomic E-state index is -0.177. The second-order valence-electron chi connectivity index (χ2n) is 5.90. The zero-order chi connectivity index (χ0) is 17.1. The van der Waals surface area contributed by atoms with Gasteiger partial charge in [0.25, 0.3) is 0 Å². The van der Waals surface area contributed by atoms with E-state index in [2.05, 4.69) is 31.2 Å². The Labute approximate surface area is 148 Å². The molecule has 1 aromatic heterocycles. The van der Waals surface area contributed by atoms with Crippen molar-refractivity contribution in [3.63, 3.8) is 0 Å². The van der Waals surface area contributed by atoms with Gasteiger partial charge >= 0.3 is 0 Å². The largest absolute Gasteiger partial charge is 0.365 e. The van der Waals surface area contributed by atoms with Gasteiger partial charge in [-0.15, -0.1) is 0 Å². The SMILES string of the molecule is CN(C)Cc1cc(CNc2ncnc3ccc(Br)cc23)ccc1F. The standard InChI is InChI=1S/C18H18BrFN4/c1-24(2)10-13-7-12(3-5-16(13)20)9-21-18-15-8-14(19)4-6-17(15)22-11-23-18/h3-8,11H,9-10H2,1-2H3,(H,21,22,23). The van der Waals surface area contributed by atoms with Gasteiger partial charge in [-0.3, -0.25) is 0 Å². The number of hydrogen-bond acceptors (Lipinski definition) is 4. The summed E-state index contributed by atoms with van der Waals surface area (Å²) in [6, 6.07) is 11.1. The van der Waals surface area contributed by atoms with Gasteiger partial charge in [0.05, 0.1) is 5.52 Å². The molecule has 0 bridgehead atoms. The minimum absolute atomic E-state index is 0.177. The van der Waals surface area contributed by atoms with Gasteiger partial charge in [-0.1, -0.05) is 22.0 Å². The van der Waals surface area contributed by atoms with E-state index < -0.39 is 0 Å². The van der Waals surface area contributed by atoms with Gasteiger partial charge in [-0.2, -0.15) is 0 Å². The fraction of sp³-hybridized carbons (Fsp3) is 0.222. The number of halogens is 2. The number of anilines is 1. The molecule has 6 heteroatoms. The number of nitrogens with zero attached hydrogens (tertiary/aromatic N) is 3. The zero-order valence-corrected chi connectivity index (χ0v) is 15.1. The lowest BCUT2D eigenvalue weighted by molar-refractivity contribution is 0.392. The van der Waals surface area contributed by atoms with Crippen molar-refractivity contribution in [1.29, 1.82) is 0 Å². The normalized spacial score (nSPS) is 11.2. The van der Waals surface area contributed by atoms with Crippen molar-refractivity contribution >= 4 is 32.7 Å². The molecule has 0 radical (unpaired) electrons. The lowest BCUT2D eigenvalue weighted by Crippen LogP contribution is -2.12. The topological polar surface area (TPSA) is 41.0 Å². The first-order valence-electron chi connectivity index (χ1n) is 7.59. The Morgan fingerprint density at radius 3 is 2.75 bits per heavy atom. The van der Waals surface area contributed by atoms with Crippen molar-refractivity contribution in [2.75, 3.05) is 19.4 Å². The second kappa shape index (κ2) is 7.23. The number of hydrogen-bond donors (Lipinski definition) is 1. The van der Waals surface area contributed by atoms with Crippen LogP contribution < -0.4 is 5.32 Å². The van der Waals surface area contributed by atoms with Crippen LogP contribution in [-0.2, 0) is 13.1 Å². The van der Waals surface area contributed by atoms with Gasteiger partial charge in [-0.25, -0.2) is 14.4 Å². The van der Waals surface area contributed by atoms with Gasteiger partial charge < -0.3 is 10.2 Å². The van der Waals surface area contributed by atoms with Crippen molar-refractivity contribution in [3.05, 3.63) is 64.1 Å². The summed E-state index contributed by atoms with van der Waals surface area (Å²) in [5, 5.41) is 4.27. The Morgan fingerprint density at radius 1 is 1.12 bits per heavy atom. The fourth-order valence-corrected chi connectivity index (χ4v) is 2.92. The van der Waals surface area contributed by atoms with Crippen molar-refractivity contribution < 1.29 is 4.39 Å². The van der Waals surface area contributed by atoms with Gasteiger partial charge in [-0.05, 0) is 50.0 Å². The first-order chi connectivity index (χ1) is 11.5. The van der Waals surface area contributed by atoms with E-state index in [0.29, 0.717) is 18.7 Å². The molecule has 0 aliphatic rings. The quantitative estimate of drug-likeness (QED) is 0.710. The molecule has 24 heavy (non-hydrogen) atoms. The average molecular weight is 389 g/mol. The monoisotopic (exact) mass is 388 g/mol. The van der Waals surface area contributed by atoms with Crippen LogP contribution in [-0.4, -0.2) is 29.0 Å². The maximum atomic E-state index is 13.9. The van der Waals surface area contributed by atoms with Crippen molar-refractivity contribution in [3.8, 4) is 0 Å². The predicted octanol–water partition coefficient (Wildman–Crippen LogP) is 4.21. The lowest BCUT2D eigenvalue weighted by atomic mass is 10.1. The van der Waals surface area contributed by atoms with Crippen LogP contribution in [0.3, 0.4) is 0 Å². The molecule has 3 aromatic rings. The van der Waals surface area contributed by atoms with E-state index in [1.54, 1.807) is 12.4 Å². The third-order valence-electron chi connectivity index (χ3n) is 3.65. The van der Waals surface area contributed by atoms with Gasteiger partial charge in [0, 0.05) is 28.5 Å². The molecule has 0 amide bonds. The highest BCUT2D eigenvalue weighted by Crippen LogP contribution is 2.24. The van der Waals surface area contributed by atoms with Gasteiger partial charge in [0.1, 0.15) is 18.0 Å². The molecule has 0 saturated heterocycles. The smallest absolute Gasteiger partial charge is 0.137 e. The number of benzene rings is 2. The predicted molar refractivity (Wildman–Crippen MR) is 98.4 cm³/mol. The highest BCUT2D eigenvalue weighted by Gasteiger charge is 2.07. The highest BCUT2D eigenvalue weighted by atomic mass is 79.9. The summed E-state index contributed by atoms with van der Waals surface area (Å²) in [5.41, 5.74) is 2.58. The summed E-state index contributed by atoms with van der Waals surface area (Å²) < 4.78 is 14.8. The Morgan fingerprint density at radius 2 is 1.96 bits per heavy atom. The summed E-state index contributed by atoms with van der Waals surface area (Å²) in [5.74, 6) is 0.587. The van der Waals surface area contributed by atoms with E-state index in [-0.39, 0.29) is 5.82 Å². The molecule has 0 spiro atoms. The van der Waals surface area contributed by atoms with E-state index in [9.17, 15) is 4.39 Å². The molecule has 3 rings (SSSR count). The van der Waals surface area contributed by atoms with Crippen LogP contribution in [0.2, 0.25) is 0 Å². The van der Waals surface area contributed by atoms with E-state index in [1.165, 1.54) is 6.07 Å². The molecular formula is C18H18BrFN4. The first-order valence-corrected chi connectivity index (χ1v) is 8.38. The van der Waals surface area contributed by atoms with Crippen LogP contribution in [0.4, 0.5) is 10.2 Å². The average Bonchev–Trinajstić information content (AvgIpc) is 2.55. The number of fused-ring (bicyclic) bond motifs is 1. The van der Waals surface area contributed by atoms with E-state index >= 15 is 0 Å². The second-order valence-corrected chi connectivity index (χ2v) is 6.82. The van der Waals surface area contributed by atoms with Crippen LogP contribution in [0.5, 0.6) is 0 Å². The molecular weight excluding hydrogens is 371 g/mol. The minimum Gasteiger partial charge on any atom is -0.365 e. The molecule has 0 aliphatic heterocycles. The molecule has 0 atom stereocenters. The van der Waals surface area contributed by atoms with Crippen LogP contribution in [0.1, 0.15) is 11.1 Å². The van der Waals surface area contributed by atoms with Crippen molar-refractivity contribution in [2.45, 2.75) is 13.1 Å². The highest BCUT2D eigenvalue weighted by molar-refractivity contribution is 9.10. The Hall–Kier alpha value is -2.05. The van der Waals surface area contributed by atoms with Crippen LogP contribution in [0.15, 0.2) is 47.2 Å². The third kappa shape index (κ3) is 3.88. The number of rotatable bonds is 5. The molecule has 1 heterocycles. The molecule has 0 unspecified atom stereocenters. The summed E-state index contributed by atoms with van der Waals surface area (Å²) in [4.78, 5) is 10.5. The summed E-state index contributed by atoms with van der Waals surface area (Å²) >= 11 is 3.47. The molecule has 0 saturated carbocycles. The zero-order valence-electron chi connectivity index (χ0n) is 13.6. The first kappa shape index (κ1) is 16.8. The van der Waals surface area contributed by atoms with E-state index in [0.717, 1.165) is 26.8 Å². The number of aromatic nitrogens is 2. The Kier molecular flexibility index (Phi) is 5.06. The van der Waals surface area contributed by atoms with Crippen LogP contribution in [0, 0.1) is 5.82 Å². The van der Waals surface area contributed by atoms with E-state index in [4.69, 9.17) is 0 Å². The van der Waals surface area contributed by atoms with Crippen LogP contribution in [0.25, 0.3) is 10.9 Å². The third-order valence-corrected chi connectivity index (χ3v) is 4.15. The van der Waals surface area contributed by atoms with Crippen molar-refractivity contribution in [1.82, 2.24) is 14.9 Å². The van der Waals surface area contributed by atoms with Crippen molar-refractivity contribution in [2.24, 2.45) is 0 Å². The molecule has 4 nitrogen and oxygen atoms in total.